The molecule has 2 aromatic heterocycles. The van der Waals surface area contributed by atoms with E-state index in [-0.39, 0.29) is 18.3 Å². The first-order chi connectivity index (χ1) is 15.3. The second kappa shape index (κ2) is 10.6. The van der Waals surface area contributed by atoms with Crippen LogP contribution in [0.25, 0.3) is 0 Å². The number of nitrogens with zero attached hydrogens (tertiary/aromatic N) is 3. The Morgan fingerprint density at radius 3 is 2.53 bits per heavy atom. The van der Waals surface area contributed by atoms with Crippen molar-refractivity contribution in [2.45, 2.75) is 46.0 Å². The Labute approximate surface area is 195 Å². The van der Waals surface area contributed by atoms with Crippen molar-refractivity contribution in [3.8, 4) is 5.75 Å². The Hall–Kier alpha value is -2.85. The predicted molar refractivity (Wildman–Crippen MR) is 126 cm³/mol. The number of nitrogens with one attached hydrogen (secondary N) is 1. The van der Waals surface area contributed by atoms with Crippen molar-refractivity contribution in [2.24, 2.45) is 0 Å². The number of esters is 1. The number of methoxy groups -OCH3 is 1. The number of aromatic nitrogens is 3. The molecule has 0 atom stereocenters. The van der Waals surface area contributed by atoms with Gasteiger partial charge in [0.2, 0.25) is 5.91 Å². The van der Waals surface area contributed by atoms with Crippen LogP contribution in [0.5, 0.6) is 5.75 Å². The van der Waals surface area contributed by atoms with Crippen LogP contribution in [0, 0.1) is 20.8 Å². The van der Waals surface area contributed by atoms with Crippen molar-refractivity contribution < 1.29 is 19.1 Å². The van der Waals surface area contributed by atoms with Crippen molar-refractivity contribution in [1.82, 2.24) is 14.8 Å². The zero-order valence-corrected chi connectivity index (χ0v) is 20.4. The fourth-order valence-corrected chi connectivity index (χ4v) is 4.87. The van der Waals surface area contributed by atoms with Gasteiger partial charge < -0.3 is 19.4 Å². The van der Waals surface area contributed by atoms with Gasteiger partial charge in [-0.1, -0.05) is 29.5 Å². The number of anilines is 1. The molecule has 0 saturated carbocycles. The third kappa shape index (κ3) is 5.49. The number of benzene rings is 1. The number of carbonyl (C=O) groups is 2. The molecule has 170 valence electrons. The van der Waals surface area contributed by atoms with Crippen LogP contribution < -0.4 is 10.1 Å². The van der Waals surface area contributed by atoms with Crippen LogP contribution in [0.15, 0.2) is 29.4 Å². The van der Waals surface area contributed by atoms with Crippen molar-refractivity contribution in [3.63, 3.8) is 0 Å². The maximum atomic E-state index is 12.6. The van der Waals surface area contributed by atoms with Crippen LogP contribution in [0.3, 0.4) is 0 Å². The lowest BCUT2D eigenvalue weighted by Crippen LogP contribution is -2.16. The average Bonchev–Trinajstić information content (AvgIpc) is 3.30. The molecule has 0 fully saturated rings. The van der Waals surface area contributed by atoms with Crippen LogP contribution in [0.4, 0.5) is 5.00 Å². The van der Waals surface area contributed by atoms with Gasteiger partial charge in [0.05, 0.1) is 18.4 Å². The third-order valence-corrected chi connectivity index (χ3v) is 6.95. The second-order valence-electron chi connectivity index (χ2n) is 7.06. The molecular formula is C22H26N4O4S2. The normalized spacial score (nSPS) is 10.8. The fraction of sp³-hybridized carbons (Fsp3) is 0.364. The minimum absolute atomic E-state index is 0.133. The highest BCUT2D eigenvalue weighted by Crippen LogP contribution is 2.33. The highest BCUT2D eigenvalue weighted by atomic mass is 32.2. The summed E-state index contributed by atoms with van der Waals surface area (Å²) in [6.45, 7) is 8.69. The molecule has 2 heterocycles. The van der Waals surface area contributed by atoms with Crippen molar-refractivity contribution >= 4 is 40.0 Å². The van der Waals surface area contributed by atoms with Gasteiger partial charge in [-0.15, -0.1) is 21.5 Å². The maximum Gasteiger partial charge on any atom is 0.341 e. The van der Waals surface area contributed by atoms with E-state index < -0.39 is 5.97 Å². The monoisotopic (exact) mass is 474 g/mol. The quantitative estimate of drug-likeness (QED) is 0.363. The first-order valence-corrected chi connectivity index (χ1v) is 11.9. The maximum absolute atomic E-state index is 12.6. The van der Waals surface area contributed by atoms with Gasteiger partial charge in [-0.2, -0.15) is 0 Å². The molecule has 0 aliphatic rings. The zero-order valence-electron chi connectivity index (χ0n) is 18.7. The van der Waals surface area contributed by atoms with Gasteiger partial charge in [0.25, 0.3) is 0 Å². The van der Waals surface area contributed by atoms with Crippen molar-refractivity contribution in [1.29, 1.82) is 0 Å². The van der Waals surface area contributed by atoms with E-state index in [0.717, 1.165) is 21.8 Å². The van der Waals surface area contributed by atoms with E-state index >= 15 is 0 Å². The van der Waals surface area contributed by atoms with E-state index in [1.165, 1.54) is 30.2 Å². The molecule has 0 unspecified atom stereocenters. The summed E-state index contributed by atoms with van der Waals surface area (Å²) in [7, 11) is 1.33. The van der Waals surface area contributed by atoms with Gasteiger partial charge in [0.1, 0.15) is 17.4 Å². The molecule has 32 heavy (non-hydrogen) atoms. The number of thiophene rings is 1. The van der Waals surface area contributed by atoms with Crippen LogP contribution in [0.1, 0.15) is 39.1 Å². The molecule has 0 radical (unpaired) electrons. The Morgan fingerprint density at radius 1 is 1.16 bits per heavy atom. The second-order valence-corrected chi connectivity index (χ2v) is 9.23. The van der Waals surface area contributed by atoms with Gasteiger partial charge in [-0.3, -0.25) is 4.79 Å². The summed E-state index contributed by atoms with van der Waals surface area (Å²) < 4.78 is 12.6. The smallest absolute Gasteiger partial charge is 0.341 e. The first kappa shape index (κ1) is 23.8. The van der Waals surface area contributed by atoms with E-state index in [9.17, 15) is 9.59 Å². The standard InChI is InChI=1S/C22H26N4O4S2/c1-6-26-17(11-30-16-9-7-13(2)8-10-16)24-25-22(26)31-12-18(27)23-20-19(21(28)29-5)14(3)15(4)32-20/h7-10H,6,11-12H2,1-5H3,(H,23,27). The number of hydrogen-bond donors (Lipinski definition) is 1. The molecule has 3 rings (SSSR count). The molecule has 0 bridgehead atoms. The highest BCUT2D eigenvalue weighted by molar-refractivity contribution is 7.99. The molecule has 0 spiro atoms. The number of rotatable bonds is 9. The highest BCUT2D eigenvalue weighted by Gasteiger charge is 2.22. The number of thioether (sulfide) groups is 1. The van der Waals surface area contributed by atoms with Crippen LogP contribution in [-0.2, 0) is 22.7 Å². The molecule has 0 aliphatic carbocycles. The Morgan fingerprint density at radius 2 is 1.88 bits per heavy atom. The molecule has 8 nitrogen and oxygen atoms in total. The largest absolute Gasteiger partial charge is 0.486 e. The minimum atomic E-state index is -0.459. The lowest BCUT2D eigenvalue weighted by molar-refractivity contribution is -0.113. The molecular weight excluding hydrogens is 448 g/mol. The van der Waals surface area contributed by atoms with Crippen LogP contribution >= 0.6 is 23.1 Å². The molecule has 1 amide bonds. The SMILES string of the molecule is CCn1c(COc2ccc(C)cc2)nnc1SCC(=O)Nc1sc(C)c(C)c1C(=O)OC. The lowest BCUT2D eigenvalue weighted by Gasteiger charge is -2.09. The Bertz CT molecular complexity index is 1110. The molecule has 0 saturated heterocycles. The van der Waals surface area contributed by atoms with Crippen LogP contribution in [-0.4, -0.2) is 39.5 Å². The van der Waals surface area contributed by atoms with Gasteiger partial charge in [-0.25, -0.2) is 4.79 Å². The Kier molecular flexibility index (Phi) is 7.92. The van der Waals surface area contributed by atoms with E-state index in [0.29, 0.717) is 28.1 Å². The van der Waals surface area contributed by atoms with E-state index in [4.69, 9.17) is 9.47 Å². The van der Waals surface area contributed by atoms with Gasteiger partial charge >= 0.3 is 5.97 Å². The number of ether oxygens (including phenoxy) is 2. The summed E-state index contributed by atoms with van der Waals surface area (Å²) >= 11 is 2.64. The lowest BCUT2D eigenvalue weighted by atomic mass is 10.1. The number of amides is 1. The van der Waals surface area contributed by atoms with Crippen molar-refractivity contribution in [3.05, 3.63) is 51.7 Å². The molecule has 0 aliphatic heterocycles. The molecule has 1 N–H and O–H groups in total. The molecule has 3 aromatic rings. The summed E-state index contributed by atoms with van der Waals surface area (Å²) in [6, 6.07) is 7.81. The summed E-state index contributed by atoms with van der Waals surface area (Å²) in [5, 5.41) is 12.4. The number of aryl methyl sites for hydroxylation is 2. The first-order valence-electron chi connectivity index (χ1n) is 10.1. The summed E-state index contributed by atoms with van der Waals surface area (Å²) in [5.41, 5.74) is 2.38. The van der Waals surface area contributed by atoms with Gasteiger partial charge in [-0.05, 0) is 45.4 Å². The fourth-order valence-electron chi connectivity index (χ4n) is 2.99. The summed E-state index contributed by atoms with van der Waals surface area (Å²) in [6.07, 6.45) is 0. The minimum Gasteiger partial charge on any atom is -0.486 e. The number of hydrogen-bond acceptors (Lipinski definition) is 8. The van der Waals surface area contributed by atoms with Gasteiger partial charge in [0.15, 0.2) is 11.0 Å². The molecule has 10 heteroatoms. The van der Waals surface area contributed by atoms with E-state index in [1.807, 2.05) is 56.5 Å². The predicted octanol–water partition coefficient (Wildman–Crippen LogP) is 4.38. The summed E-state index contributed by atoms with van der Waals surface area (Å²) in [5.74, 6) is 0.891. The van der Waals surface area contributed by atoms with E-state index in [2.05, 4.69) is 15.5 Å². The van der Waals surface area contributed by atoms with Crippen molar-refractivity contribution in [2.75, 3.05) is 18.2 Å². The third-order valence-electron chi connectivity index (χ3n) is 4.86. The van der Waals surface area contributed by atoms with E-state index in [1.54, 1.807) is 0 Å². The topological polar surface area (TPSA) is 95.3 Å². The van der Waals surface area contributed by atoms with Crippen LogP contribution in [0.2, 0.25) is 0 Å². The zero-order chi connectivity index (χ0) is 23.3. The average molecular weight is 475 g/mol. The molecule has 1 aromatic carbocycles. The van der Waals surface area contributed by atoms with Gasteiger partial charge in [0, 0.05) is 11.4 Å². The Balaban J connectivity index is 1.62. The number of carbonyl (C=O) groups excluding carboxylic acids is 2. The summed E-state index contributed by atoms with van der Waals surface area (Å²) in [4.78, 5) is 25.6.